The summed E-state index contributed by atoms with van der Waals surface area (Å²) in [5.74, 6) is 0.775. The lowest BCUT2D eigenvalue weighted by atomic mass is 10.0. The summed E-state index contributed by atoms with van der Waals surface area (Å²) in [6, 6.07) is 0.376. The van der Waals surface area contributed by atoms with Crippen molar-refractivity contribution in [2.75, 3.05) is 19.8 Å². The molecule has 16 heavy (non-hydrogen) atoms. The van der Waals surface area contributed by atoms with E-state index in [2.05, 4.69) is 22.6 Å². The van der Waals surface area contributed by atoms with Crippen LogP contribution in [0, 0.1) is 12.8 Å². The van der Waals surface area contributed by atoms with Gasteiger partial charge in [0, 0.05) is 24.3 Å². The van der Waals surface area contributed by atoms with E-state index in [0.717, 1.165) is 31.4 Å². The molecule has 2 rings (SSSR count). The highest BCUT2D eigenvalue weighted by Crippen LogP contribution is 2.19. The minimum absolute atomic E-state index is 0.376. The number of aryl methyl sites for hydroxylation is 1. The number of thiazole rings is 1. The molecule has 1 atom stereocenters. The Kier molecular flexibility index (Phi) is 4.32. The molecule has 1 aromatic heterocycles. The minimum Gasteiger partial charge on any atom is -0.381 e. The molecule has 0 aliphatic carbocycles. The van der Waals surface area contributed by atoms with Crippen LogP contribution in [0.4, 0.5) is 0 Å². The van der Waals surface area contributed by atoms with Crippen molar-refractivity contribution >= 4 is 11.3 Å². The van der Waals surface area contributed by atoms with E-state index in [1.807, 2.05) is 6.92 Å². The molecule has 3 nitrogen and oxygen atoms in total. The van der Waals surface area contributed by atoms with Crippen molar-refractivity contribution in [2.45, 2.75) is 32.7 Å². The summed E-state index contributed by atoms with van der Waals surface area (Å²) in [6.45, 7) is 7.18. The fourth-order valence-electron chi connectivity index (χ4n) is 1.95. The second-order valence-corrected chi connectivity index (χ2v) is 5.40. The van der Waals surface area contributed by atoms with Crippen LogP contribution in [0.15, 0.2) is 5.38 Å². The lowest BCUT2D eigenvalue weighted by Gasteiger charge is -2.23. The van der Waals surface area contributed by atoms with Gasteiger partial charge in [-0.05, 0) is 39.2 Å². The zero-order valence-electron chi connectivity index (χ0n) is 10.0. The number of nitrogens with one attached hydrogen (secondary N) is 1. The minimum atomic E-state index is 0.376. The molecule has 0 spiro atoms. The summed E-state index contributed by atoms with van der Waals surface area (Å²) < 4.78 is 5.36. The van der Waals surface area contributed by atoms with Gasteiger partial charge in [-0.3, -0.25) is 0 Å². The summed E-state index contributed by atoms with van der Waals surface area (Å²) in [5, 5.41) is 6.89. The molecule has 0 radical (unpaired) electrons. The van der Waals surface area contributed by atoms with E-state index in [-0.39, 0.29) is 0 Å². The zero-order chi connectivity index (χ0) is 11.4. The predicted octanol–water partition coefficient (Wildman–Crippen LogP) is 2.53. The second kappa shape index (κ2) is 5.75. The first kappa shape index (κ1) is 12.0. The molecule has 1 aromatic rings. The van der Waals surface area contributed by atoms with Crippen molar-refractivity contribution in [3.63, 3.8) is 0 Å². The van der Waals surface area contributed by atoms with E-state index >= 15 is 0 Å². The van der Waals surface area contributed by atoms with Crippen LogP contribution in [-0.4, -0.2) is 24.7 Å². The van der Waals surface area contributed by atoms with Gasteiger partial charge in [0.2, 0.25) is 0 Å². The average Bonchev–Trinajstić information content (AvgIpc) is 2.74. The molecular weight excluding hydrogens is 220 g/mol. The number of hydrogen-bond donors (Lipinski definition) is 1. The molecule has 4 heteroatoms. The number of rotatable bonds is 4. The monoisotopic (exact) mass is 240 g/mol. The van der Waals surface area contributed by atoms with Crippen LogP contribution in [0.5, 0.6) is 0 Å². The van der Waals surface area contributed by atoms with E-state index in [0.29, 0.717) is 6.04 Å². The second-order valence-electron chi connectivity index (χ2n) is 4.51. The lowest BCUT2D eigenvalue weighted by molar-refractivity contribution is 0.0656. The fourth-order valence-corrected chi connectivity index (χ4v) is 2.78. The van der Waals surface area contributed by atoms with Crippen LogP contribution in [0.25, 0.3) is 0 Å². The van der Waals surface area contributed by atoms with Crippen LogP contribution < -0.4 is 5.32 Å². The van der Waals surface area contributed by atoms with Crippen LogP contribution in [0.3, 0.4) is 0 Å². The highest BCUT2D eigenvalue weighted by molar-refractivity contribution is 7.09. The van der Waals surface area contributed by atoms with Crippen LogP contribution in [-0.2, 0) is 4.74 Å². The summed E-state index contributed by atoms with van der Waals surface area (Å²) in [4.78, 5) is 4.51. The first-order chi connectivity index (χ1) is 7.75. The SMILES string of the molecule is Cc1csc(C(C)NCC2CCOCC2)n1. The van der Waals surface area contributed by atoms with E-state index in [1.165, 1.54) is 17.8 Å². The zero-order valence-corrected chi connectivity index (χ0v) is 10.8. The fraction of sp³-hybridized carbons (Fsp3) is 0.750. The van der Waals surface area contributed by atoms with E-state index < -0.39 is 0 Å². The van der Waals surface area contributed by atoms with E-state index in [9.17, 15) is 0 Å². The predicted molar refractivity (Wildman–Crippen MR) is 66.8 cm³/mol. The average molecular weight is 240 g/mol. The Hall–Kier alpha value is -0.450. The molecule has 0 amide bonds. The van der Waals surface area contributed by atoms with Crippen molar-refractivity contribution in [3.8, 4) is 0 Å². The van der Waals surface area contributed by atoms with Crippen molar-refractivity contribution in [3.05, 3.63) is 16.1 Å². The highest BCUT2D eigenvalue weighted by atomic mass is 32.1. The van der Waals surface area contributed by atoms with Crippen LogP contribution in [0.1, 0.15) is 36.5 Å². The third-order valence-corrected chi connectivity index (χ3v) is 4.21. The Morgan fingerprint density at radius 3 is 2.94 bits per heavy atom. The molecule has 90 valence electrons. The van der Waals surface area contributed by atoms with Gasteiger partial charge in [-0.1, -0.05) is 0 Å². The van der Waals surface area contributed by atoms with E-state index in [4.69, 9.17) is 4.74 Å². The molecule has 0 saturated carbocycles. The summed E-state index contributed by atoms with van der Waals surface area (Å²) in [6.07, 6.45) is 2.38. The quantitative estimate of drug-likeness (QED) is 0.878. The number of aromatic nitrogens is 1. The summed E-state index contributed by atoms with van der Waals surface area (Å²) >= 11 is 1.75. The van der Waals surface area contributed by atoms with Gasteiger partial charge >= 0.3 is 0 Å². The molecule has 2 heterocycles. The standard InChI is InChI=1S/C12H20N2OS/c1-9-8-16-12(14-9)10(2)13-7-11-3-5-15-6-4-11/h8,10-11,13H,3-7H2,1-2H3. The van der Waals surface area contributed by atoms with Gasteiger partial charge in [0.25, 0.3) is 0 Å². The highest BCUT2D eigenvalue weighted by Gasteiger charge is 2.15. The van der Waals surface area contributed by atoms with Crippen molar-refractivity contribution in [2.24, 2.45) is 5.92 Å². The maximum Gasteiger partial charge on any atom is 0.110 e. The summed E-state index contributed by atoms with van der Waals surface area (Å²) in [5.41, 5.74) is 1.12. The third kappa shape index (κ3) is 3.27. The Morgan fingerprint density at radius 2 is 2.31 bits per heavy atom. The van der Waals surface area contributed by atoms with Crippen molar-refractivity contribution in [1.82, 2.24) is 10.3 Å². The Balaban J connectivity index is 1.76. The normalized spacial score (nSPS) is 19.9. The first-order valence-corrected chi connectivity index (χ1v) is 6.87. The van der Waals surface area contributed by atoms with Gasteiger partial charge in [-0.2, -0.15) is 0 Å². The molecular formula is C12H20N2OS. The van der Waals surface area contributed by atoms with Gasteiger partial charge in [0.15, 0.2) is 0 Å². The van der Waals surface area contributed by atoms with E-state index in [1.54, 1.807) is 11.3 Å². The van der Waals surface area contributed by atoms with Gasteiger partial charge < -0.3 is 10.1 Å². The first-order valence-electron chi connectivity index (χ1n) is 5.99. The van der Waals surface area contributed by atoms with Crippen LogP contribution in [0.2, 0.25) is 0 Å². The van der Waals surface area contributed by atoms with Crippen molar-refractivity contribution in [1.29, 1.82) is 0 Å². The molecule has 0 bridgehead atoms. The van der Waals surface area contributed by atoms with Crippen molar-refractivity contribution < 1.29 is 4.74 Å². The molecule has 1 unspecified atom stereocenters. The number of hydrogen-bond acceptors (Lipinski definition) is 4. The van der Waals surface area contributed by atoms with Gasteiger partial charge in [0.1, 0.15) is 5.01 Å². The molecule has 1 saturated heterocycles. The maximum absolute atomic E-state index is 5.36. The molecule has 1 aliphatic rings. The van der Waals surface area contributed by atoms with Gasteiger partial charge in [-0.15, -0.1) is 11.3 Å². The Bertz CT molecular complexity index is 321. The van der Waals surface area contributed by atoms with Gasteiger partial charge in [0.05, 0.1) is 6.04 Å². The maximum atomic E-state index is 5.36. The topological polar surface area (TPSA) is 34.1 Å². The van der Waals surface area contributed by atoms with Gasteiger partial charge in [-0.25, -0.2) is 4.98 Å². The largest absolute Gasteiger partial charge is 0.381 e. The molecule has 1 N–H and O–H groups in total. The Morgan fingerprint density at radius 1 is 1.56 bits per heavy atom. The van der Waals surface area contributed by atoms with Crippen LogP contribution >= 0.6 is 11.3 Å². The summed E-state index contributed by atoms with van der Waals surface area (Å²) in [7, 11) is 0. The lowest BCUT2D eigenvalue weighted by Crippen LogP contribution is -2.29. The third-order valence-electron chi connectivity index (χ3n) is 3.06. The smallest absolute Gasteiger partial charge is 0.110 e. The number of nitrogens with zero attached hydrogens (tertiary/aromatic N) is 1. The number of ether oxygens (including phenoxy) is 1. The molecule has 0 aromatic carbocycles. The molecule has 1 fully saturated rings. The molecule has 1 aliphatic heterocycles. The Labute approximate surface area is 101 Å².